The van der Waals surface area contributed by atoms with E-state index in [2.05, 4.69) is 17.5 Å². The van der Waals surface area contributed by atoms with Crippen LogP contribution in [0.5, 0.6) is 5.75 Å². The monoisotopic (exact) mass is 278 g/mol. The number of carbonyl (C=O) groups is 1. The number of thiocarbonyl (C=S) groups is 1. The summed E-state index contributed by atoms with van der Waals surface area (Å²) in [6.45, 7) is -0.224. The summed E-state index contributed by atoms with van der Waals surface area (Å²) >= 11 is 16.0. The van der Waals surface area contributed by atoms with Crippen LogP contribution in [0.2, 0.25) is 10.0 Å². The minimum Gasteiger partial charge on any atom is -0.482 e. The molecule has 0 heterocycles. The van der Waals surface area contributed by atoms with E-state index in [1.54, 1.807) is 12.1 Å². The van der Waals surface area contributed by atoms with E-state index in [0.29, 0.717) is 15.8 Å². The van der Waals surface area contributed by atoms with Gasteiger partial charge in [-0.2, -0.15) is 0 Å². The van der Waals surface area contributed by atoms with Crippen LogP contribution in [0.3, 0.4) is 0 Å². The summed E-state index contributed by atoms with van der Waals surface area (Å²) in [4.78, 5) is 11.1. The Morgan fingerprint density at radius 2 is 2.19 bits per heavy atom. The van der Waals surface area contributed by atoms with Crippen LogP contribution >= 0.6 is 35.4 Å². The van der Waals surface area contributed by atoms with Crippen LogP contribution in [0.15, 0.2) is 18.2 Å². The maximum Gasteiger partial charge on any atom is 0.264 e. The number of hydrogen-bond acceptors (Lipinski definition) is 3. The maximum absolute atomic E-state index is 11.1. The molecule has 0 aliphatic carbocycles. The number of amides is 1. The van der Waals surface area contributed by atoms with Crippen LogP contribution in [-0.4, -0.2) is 17.6 Å². The Balaban J connectivity index is 2.54. The fourth-order valence-corrected chi connectivity index (χ4v) is 1.49. The molecule has 0 aromatic heterocycles. The van der Waals surface area contributed by atoms with Crippen molar-refractivity contribution in [2.75, 3.05) is 6.61 Å². The standard InChI is InChI=1S/C9H8Cl2N2O2S/c10-5-1-2-7(6(11)3-5)15-4-8(14)13-9(12)16/h1-3H,4H2,(H3,12,13,14,16). The van der Waals surface area contributed by atoms with Crippen LogP contribution in [0.1, 0.15) is 0 Å². The Hall–Kier alpha value is -1.04. The number of nitrogens with one attached hydrogen (secondary N) is 1. The third kappa shape index (κ3) is 4.22. The summed E-state index contributed by atoms with van der Waals surface area (Å²) in [5.41, 5.74) is 5.11. The molecule has 0 fully saturated rings. The topological polar surface area (TPSA) is 64.3 Å². The molecule has 1 rings (SSSR count). The first-order valence-corrected chi connectivity index (χ1v) is 5.32. The highest BCUT2D eigenvalue weighted by atomic mass is 35.5. The van der Waals surface area contributed by atoms with Gasteiger partial charge >= 0.3 is 0 Å². The van der Waals surface area contributed by atoms with Gasteiger partial charge in [0.05, 0.1) is 5.02 Å². The van der Waals surface area contributed by atoms with Crippen molar-refractivity contribution in [2.45, 2.75) is 0 Å². The van der Waals surface area contributed by atoms with E-state index < -0.39 is 5.91 Å². The molecule has 0 radical (unpaired) electrons. The lowest BCUT2D eigenvalue weighted by molar-refractivity contribution is -0.121. The van der Waals surface area contributed by atoms with Crippen LogP contribution in [0, 0.1) is 0 Å². The van der Waals surface area contributed by atoms with Crippen LogP contribution in [-0.2, 0) is 4.79 Å². The fraction of sp³-hybridized carbons (Fsp3) is 0.111. The van der Waals surface area contributed by atoms with Gasteiger partial charge in [-0.25, -0.2) is 0 Å². The molecule has 0 saturated carbocycles. The first-order chi connectivity index (χ1) is 7.49. The molecule has 7 heteroatoms. The molecule has 0 aliphatic heterocycles. The van der Waals surface area contributed by atoms with Crippen LogP contribution in [0.25, 0.3) is 0 Å². The smallest absolute Gasteiger partial charge is 0.264 e. The zero-order chi connectivity index (χ0) is 12.1. The Morgan fingerprint density at radius 1 is 1.50 bits per heavy atom. The number of halogens is 2. The quantitative estimate of drug-likeness (QED) is 0.827. The van der Waals surface area contributed by atoms with Gasteiger partial charge < -0.3 is 15.8 Å². The number of rotatable bonds is 3. The zero-order valence-electron chi connectivity index (χ0n) is 8.00. The van der Waals surface area contributed by atoms with Crippen molar-refractivity contribution < 1.29 is 9.53 Å². The van der Waals surface area contributed by atoms with E-state index in [-0.39, 0.29) is 11.7 Å². The Morgan fingerprint density at radius 3 is 2.75 bits per heavy atom. The molecule has 0 spiro atoms. The molecule has 86 valence electrons. The van der Waals surface area contributed by atoms with Gasteiger partial charge in [-0.1, -0.05) is 23.2 Å². The van der Waals surface area contributed by atoms with E-state index in [0.717, 1.165) is 0 Å². The van der Waals surface area contributed by atoms with Crippen LogP contribution in [0.4, 0.5) is 0 Å². The molecule has 3 N–H and O–H groups in total. The Labute approximate surface area is 108 Å². The number of hydrogen-bond donors (Lipinski definition) is 2. The summed E-state index contributed by atoms with van der Waals surface area (Å²) in [5, 5.41) is 2.94. The van der Waals surface area contributed by atoms with Crippen LogP contribution < -0.4 is 15.8 Å². The SMILES string of the molecule is NC(=S)NC(=O)COc1ccc(Cl)cc1Cl. The van der Waals surface area contributed by atoms with Gasteiger partial charge in [0.15, 0.2) is 11.7 Å². The molecule has 0 atom stereocenters. The van der Waals surface area contributed by atoms with Crippen molar-refractivity contribution in [3.63, 3.8) is 0 Å². The van der Waals surface area contributed by atoms with Crippen molar-refractivity contribution in [3.05, 3.63) is 28.2 Å². The first kappa shape index (κ1) is 13.0. The summed E-state index contributed by atoms with van der Waals surface area (Å²) in [5.74, 6) is -0.0809. The number of benzene rings is 1. The first-order valence-electron chi connectivity index (χ1n) is 4.16. The van der Waals surface area contributed by atoms with Gasteiger partial charge in [0.25, 0.3) is 5.91 Å². The molecule has 16 heavy (non-hydrogen) atoms. The van der Waals surface area contributed by atoms with E-state index >= 15 is 0 Å². The van der Waals surface area contributed by atoms with E-state index in [1.807, 2.05) is 0 Å². The summed E-state index contributed by atoms with van der Waals surface area (Å²) in [6.07, 6.45) is 0. The van der Waals surface area contributed by atoms with Gasteiger partial charge in [-0.3, -0.25) is 4.79 Å². The van der Waals surface area contributed by atoms with E-state index in [9.17, 15) is 4.79 Å². The van der Waals surface area contributed by atoms with Gasteiger partial charge in [0.2, 0.25) is 0 Å². The molecule has 1 amide bonds. The second-order valence-electron chi connectivity index (χ2n) is 2.78. The second kappa shape index (κ2) is 5.89. The molecule has 0 saturated heterocycles. The summed E-state index contributed by atoms with van der Waals surface area (Å²) in [6, 6.07) is 4.69. The Bertz CT molecular complexity index is 426. The lowest BCUT2D eigenvalue weighted by atomic mass is 10.3. The highest BCUT2D eigenvalue weighted by Crippen LogP contribution is 2.27. The van der Waals surface area contributed by atoms with E-state index in [1.165, 1.54) is 6.07 Å². The third-order valence-electron chi connectivity index (χ3n) is 1.52. The number of carbonyl (C=O) groups excluding carboxylic acids is 1. The lowest BCUT2D eigenvalue weighted by Gasteiger charge is -2.07. The van der Waals surface area contributed by atoms with Gasteiger partial charge in [0.1, 0.15) is 5.75 Å². The highest BCUT2D eigenvalue weighted by Gasteiger charge is 2.06. The van der Waals surface area contributed by atoms with Gasteiger partial charge in [-0.05, 0) is 30.4 Å². The van der Waals surface area contributed by atoms with Crippen molar-refractivity contribution in [1.82, 2.24) is 5.32 Å². The second-order valence-corrected chi connectivity index (χ2v) is 4.06. The predicted octanol–water partition coefficient (Wildman–Crippen LogP) is 1.73. The molecular weight excluding hydrogens is 271 g/mol. The lowest BCUT2D eigenvalue weighted by Crippen LogP contribution is -2.37. The van der Waals surface area contributed by atoms with Gasteiger partial charge in [0, 0.05) is 5.02 Å². The summed E-state index contributed by atoms with van der Waals surface area (Å²) in [7, 11) is 0. The molecular formula is C9H8Cl2N2O2S. The van der Waals surface area contributed by atoms with Crippen molar-refractivity contribution in [1.29, 1.82) is 0 Å². The van der Waals surface area contributed by atoms with Crippen molar-refractivity contribution in [2.24, 2.45) is 5.73 Å². The highest BCUT2D eigenvalue weighted by molar-refractivity contribution is 7.80. The average molecular weight is 279 g/mol. The minimum atomic E-state index is -0.446. The van der Waals surface area contributed by atoms with Crippen molar-refractivity contribution in [3.8, 4) is 5.75 Å². The molecule has 0 unspecified atom stereocenters. The minimum absolute atomic E-state index is 0.101. The molecule has 0 bridgehead atoms. The number of ether oxygens (including phenoxy) is 1. The predicted molar refractivity (Wildman–Crippen MR) is 66.9 cm³/mol. The normalized spacial score (nSPS) is 9.62. The molecule has 0 aliphatic rings. The maximum atomic E-state index is 11.1. The largest absolute Gasteiger partial charge is 0.482 e. The van der Waals surface area contributed by atoms with E-state index in [4.69, 9.17) is 33.7 Å². The average Bonchev–Trinajstić information content (AvgIpc) is 2.15. The fourth-order valence-electron chi connectivity index (χ4n) is 0.909. The van der Waals surface area contributed by atoms with Gasteiger partial charge in [-0.15, -0.1) is 0 Å². The summed E-state index contributed by atoms with van der Waals surface area (Å²) < 4.78 is 5.14. The molecule has 1 aromatic rings. The Kier molecular flexibility index (Phi) is 4.79. The molecule has 1 aromatic carbocycles. The third-order valence-corrected chi connectivity index (χ3v) is 2.15. The number of nitrogens with two attached hydrogens (primary N) is 1. The van der Waals surface area contributed by atoms with Crippen molar-refractivity contribution >= 4 is 46.4 Å². The molecule has 4 nitrogen and oxygen atoms in total. The zero-order valence-corrected chi connectivity index (χ0v) is 10.3.